The standard InChI is InChI=1S/C74H41N9/c75-42-46-17-21-49(22-18-46)65-41-66(80-74(79-65)52-23-19-47(43-76)20-24-52)50-27-25-48(26-28-50)53-37-54(44-77)73(55(38-53)45-78)51-29-31-56(32-30-51)81-71-35-33-57(82-67-13-5-1-9-59(67)60-10-2-6-14-68(60)82)39-63(71)64-40-58(34-36-72(64)81)83-69-15-7-3-11-61(69)62-12-4-8-16-70(62)83/h1-41H. The Bertz CT molecular complexity index is 4950. The predicted octanol–water partition coefficient (Wildman–Crippen LogP) is 17.6. The van der Waals surface area contributed by atoms with Crippen LogP contribution in [0.4, 0.5) is 0 Å². The van der Waals surface area contributed by atoms with Gasteiger partial charge in [-0.15, -0.1) is 0 Å². The smallest absolute Gasteiger partial charge is 0.160 e. The molecule has 0 unspecified atom stereocenters. The van der Waals surface area contributed by atoms with Crippen LogP contribution in [0.3, 0.4) is 0 Å². The van der Waals surface area contributed by atoms with Crippen molar-refractivity contribution in [1.82, 2.24) is 23.7 Å². The number of nitriles is 4. The normalized spacial score (nSPS) is 11.3. The van der Waals surface area contributed by atoms with Crippen LogP contribution in [0, 0.1) is 45.3 Å². The van der Waals surface area contributed by atoms with Gasteiger partial charge in [0.15, 0.2) is 5.82 Å². The van der Waals surface area contributed by atoms with Crippen molar-refractivity contribution < 1.29 is 0 Å². The van der Waals surface area contributed by atoms with Gasteiger partial charge in [-0.05, 0) is 144 Å². The van der Waals surface area contributed by atoms with Crippen molar-refractivity contribution in [1.29, 1.82) is 21.0 Å². The number of hydrogen-bond donors (Lipinski definition) is 0. The minimum absolute atomic E-state index is 0.387. The van der Waals surface area contributed by atoms with Crippen molar-refractivity contribution in [2.75, 3.05) is 0 Å². The Morgan fingerprint density at radius 1 is 0.265 bits per heavy atom. The van der Waals surface area contributed by atoms with Gasteiger partial charge in [0.1, 0.15) is 0 Å². The van der Waals surface area contributed by atoms with Crippen molar-refractivity contribution in [3.63, 3.8) is 0 Å². The molecular weight excluding hydrogens is 1010 g/mol. The molecule has 0 spiro atoms. The van der Waals surface area contributed by atoms with Gasteiger partial charge < -0.3 is 13.7 Å². The summed E-state index contributed by atoms with van der Waals surface area (Å²) < 4.78 is 7.04. The van der Waals surface area contributed by atoms with E-state index in [9.17, 15) is 21.0 Å². The van der Waals surface area contributed by atoms with Gasteiger partial charge >= 0.3 is 0 Å². The monoisotopic (exact) mass is 1060 g/mol. The van der Waals surface area contributed by atoms with Crippen LogP contribution in [0.15, 0.2) is 249 Å². The molecule has 0 aliphatic carbocycles. The average molecular weight is 1060 g/mol. The van der Waals surface area contributed by atoms with Crippen molar-refractivity contribution in [3.8, 4) is 97.5 Å². The summed E-state index contributed by atoms with van der Waals surface area (Å²) in [6.45, 7) is 0. The molecule has 0 radical (unpaired) electrons. The van der Waals surface area contributed by atoms with Crippen LogP contribution in [0.25, 0.3) is 139 Å². The molecular formula is C74H41N9. The first-order chi connectivity index (χ1) is 40.9. The molecule has 0 fully saturated rings. The summed E-state index contributed by atoms with van der Waals surface area (Å²) in [5.41, 5.74) is 18.2. The lowest BCUT2D eigenvalue weighted by Crippen LogP contribution is -1.97. The van der Waals surface area contributed by atoms with Crippen LogP contribution >= 0.6 is 0 Å². The molecule has 0 saturated carbocycles. The zero-order valence-corrected chi connectivity index (χ0v) is 44.2. The van der Waals surface area contributed by atoms with Crippen molar-refractivity contribution in [3.05, 3.63) is 271 Å². The first kappa shape index (κ1) is 48.0. The van der Waals surface area contributed by atoms with Gasteiger partial charge in [0.25, 0.3) is 0 Å². The summed E-state index contributed by atoms with van der Waals surface area (Å²) in [6.07, 6.45) is 0. The summed E-state index contributed by atoms with van der Waals surface area (Å²) in [4.78, 5) is 9.87. The largest absolute Gasteiger partial charge is 0.309 e. The third-order valence-electron chi connectivity index (χ3n) is 16.0. The Morgan fingerprint density at radius 3 is 1.04 bits per heavy atom. The fourth-order valence-corrected chi connectivity index (χ4v) is 12.1. The van der Waals surface area contributed by atoms with Crippen molar-refractivity contribution in [2.24, 2.45) is 0 Å². The van der Waals surface area contributed by atoms with Crippen LogP contribution in [0.1, 0.15) is 22.3 Å². The molecule has 0 amide bonds. The number of aromatic nitrogens is 5. The summed E-state index contributed by atoms with van der Waals surface area (Å²) in [5.74, 6) is 0.488. The first-order valence-electron chi connectivity index (χ1n) is 27.1. The van der Waals surface area contributed by atoms with Gasteiger partial charge in [-0.25, -0.2) is 9.97 Å². The topological polar surface area (TPSA) is 136 Å². The number of rotatable bonds is 8. The Morgan fingerprint density at radius 2 is 0.614 bits per heavy atom. The second-order valence-electron chi connectivity index (χ2n) is 20.6. The SMILES string of the molecule is N#Cc1ccc(-c2cc(-c3ccc(-c4cc(C#N)c(-c5ccc(-n6c7ccc(-n8c9ccccc9c9ccccc98)cc7c7cc(-n8c9ccccc9c9ccccc98)ccc76)cc5)c(C#N)c4)cc3)nc(-c3ccc(C#N)cc3)n2)cc1. The molecule has 9 heteroatoms. The van der Waals surface area contributed by atoms with E-state index in [-0.39, 0.29) is 0 Å². The Kier molecular flexibility index (Phi) is 11.2. The molecule has 382 valence electrons. The molecule has 0 aliphatic heterocycles. The minimum atomic E-state index is 0.387. The zero-order valence-electron chi connectivity index (χ0n) is 44.2. The number of benzene rings is 11. The van der Waals surface area contributed by atoms with Crippen LogP contribution in [-0.2, 0) is 0 Å². The number of nitrogens with zero attached hydrogens (tertiary/aromatic N) is 9. The third-order valence-corrected chi connectivity index (χ3v) is 16.0. The Hall–Kier alpha value is -12.1. The maximum Gasteiger partial charge on any atom is 0.160 e. The predicted molar refractivity (Wildman–Crippen MR) is 331 cm³/mol. The summed E-state index contributed by atoms with van der Waals surface area (Å²) >= 11 is 0. The van der Waals surface area contributed by atoms with E-state index in [1.165, 1.54) is 21.5 Å². The van der Waals surface area contributed by atoms with Crippen LogP contribution in [0.5, 0.6) is 0 Å². The van der Waals surface area contributed by atoms with E-state index < -0.39 is 0 Å². The highest BCUT2D eigenvalue weighted by molar-refractivity contribution is 6.14. The molecule has 0 bridgehead atoms. The van der Waals surface area contributed by atoms with E-state index in [2.05, 4.69) is 184 Å². The van der Waals surface area contributed by atoms with E-state index in [1.807, 2.05) is 78.9 Å². The molecule has 4 aromatic heterocycles. The quantitative estimate of drug-likeness (QED) is 0.149. The van der Waals surface area contributed by atoms with Crippen molar-refractivity contribution in [2.45, 2.75) is 0 Å². The fraction of sp³-hybridized carbons (Fsp3) is 0. The Balaban J connectivity index is 0.815. The van der Waals surface area contributed by atoms with Gasteiger partial charge in [-0.1, -0.05) is 121 Å². The van der Waals surface area contributed by atoms with E-state index in [0.717, 1.165) is 94.3 Å². The maximum atomic E-state index is 10.8. The van der Waals surface area contributed by atoms with E-state index in [4.69, 9.17) is 9.97 Å². The van der Waals surface area contributed by atoms with Gasteiger partial charge in [0.05, 0.1) is 91.0 Å². The fourth-order valence-electron chi connectivity index (χ4n) is 12.1. The molecule has 11 aromatic carbocycles. The van der Waals surface area contributed by atoms with E-state index in [1.54, 1.807) is 24.3 Å². The highest BCUT2D eigenvalue weighted by atomic mass is 15.0. The van der Waals surface area contributed by atoms with Crippen molar-refractivity contribution >= 4 is 65.4 Å². The highest BCUT2D eigenvalue weighted by Crippen LogP contribution is 2.41. The first-order valence-corrected chi connectivity index (χ1v) is 27.1. The molecule has 83 heavy (non-hydrogen) atoms. The summed E-state index contributed by atoms with van der Waals surface area (Å²) in [7, 11) is 0. The molecule has 15 aromatic rings. The number of fused-ring (bicyclic) bond motifs is 9. The lowest BCUT2D eigenvalue weighted by molar-refractivity contribution is 1.16. The maximum absolute atomic E-state index is 10.8. The lowest BCUT2D eigenvalue weighted by atomic mass is 9.90. The van der Waals surface area contributed by atoms with E-state index >= 15 is 0 Å². The highest BCUT2D eigenvalue weighted by Gasteiger charge is 2.21. The lowest BCUT2D eigenvalue weighted by Gasteiger charge is -2.14. The van der Waals surface area contributed by atoms with E-state index in [0.29, 0.717) is 45.0 Å². The molecule has 15 rings (SSSR count). The van der Waals surface area contributed by atoms with Gasteiger partial charge in [0.2, 0.25) is 0 Å². The van der Waals surface area contributed by atoms with Crippen LogP contribution < -0.4 is 0 Å². The summed E-state index contributed by atoms with van der Waals surface area (Å²) in [5, 5.41) is 47.5. The van der Waals surface area contributed by atoms with Crippen LogP contribution in [-0.4, -0.2) is 23.7 Å². The number of para-hydroxylation sites is 4. The molecule has 0 atom stereocenters. The molecule has 0 N–H and O–H groups in total. The second-order valence-corrected chi connectivity index (χ2v) is 20.6. The zero-order chi connectivity index (χ0) is 55.7. The Labute approximate surface area is 476 Å². The molecule has 4 heterocycles. The average Bonchev–Trinajstić information content (AvgIpc) is 3.87. The molecule has 0 saturated heterocycles. The molecule has 0 aliphatic rings. The van der Waals surface area contributed by atoms with Gasteiger partial charge in [-0.3, -0.25) is 0 Å². The van der Waals surface area contributed by atoms with Gasteiger partial charge in [-0.2, -0.15) is 21.0 Å². The van der Waals surface area contributed by atoms with Crippen LogP contribution in [0.2, 0.25) is 0 Å². The second kappa shape index (κ2) is 19.3. The van der Waals surface area contributed by atoms with Gasteiger partial charge in [0, 0.05) is 71.6 Å². The summed E-state index contributed by atoms with van der Waals surface area (Å²) in [6, 6.07) is 93.2. The number of hydrogen-bond acceptors (Lipinski definition) is 6. The minimum Gasteiger partial charge on any atom is -0.309 e. The molecule has 9 nitrogen and oxygen atoms in total. The third kappa shape index (κ3) is 7.90.